The van der Waals surface area contributed by atoms with Gasteiger partial charge < -0.3 is 9.64 Å². The number of aromatic nitrogens is 2. The van der Waals surface area contributed by atoms with Gasteiger partial charge in [-0.05, 0) is 84.4 Å². The van der Waals surface area contributed by atoms with E-state index in [2.05, 4.69) is 11.4 Å². The summed E-state index contributed by atoms with van der Waals surface area (Å²) in [6, 6.07) is 5.27. The highest BCUT2D eigenvalue weighted by molar-refractivity contribution is 6.00. The van der Waals surface area contributed by atoms with E-state index in [4.69, 9.17) is 4.74 Å². The normalized spacial score (nSPS) is 20.3. The molecule has 9 nitrogen and oxygen atoms in total. The van der Waals surface area contributed by atoms with Crippen LogP contribution in [0.1, 0.15) is 84.7 Å². The smallest absolute Gasteiger partial charge is 0.410 e. The number of ether oxygens (including phenoxy) is 1. The second kappa shape index (κ2) is 8.84. The number of likely N-dealkylation sites (tertiary alicyclic amines) is 1. The first-order valence-electron chi connectivity index (χ1n) is 12.4. The minimum Gasteiger partial charge on any atom is -0.444 e. The molecule has 1 atom stereocenters. The van der Waals surface area contributed by atoms with Crippen molar-refractivity contribution >= 4 is 28.9 Å². The average molecular weight is 485 g/mol. The van der Waals surface area contributed by atoms with Crippen LogP contribution < -0.4 is 11.0 Å². The Kier molecular flexibility index (Phi) is 6.32. The molecule has 2 saturated heterocycles. The van der Waals surface area contributed by atoms with Crippen LogP contribution in [0.2, 0.25) is 0 Å². The van der Waals surface area contributed by atoms with E-state index in [0.29, 0.717) is 25.0 Å². The molecular formula is C26H36N4O5. The lowest BCUT2D eigenvalue weighted by Crippen LogP contribution is -2.45. The van der Waals surface area contributed by atoms with Gasteiger partial charge in [-0.25, -0.2) is 9.59 Å². The molecule has 4 rings (SSSR count). The number of hydrogen-bond donors (Lipinski definition) is 1. The standard InChI is InChI=1S/C26H36N4O5/c1-25(2,3)30-20-15-17(16-11-13-28(14-12-16)24(34)35-26(4,5)6)7-8-18(20)29(23(30)33)19-9-10-21(31)27-22(19)32/h7-8,15-16,19H,9-14H2,1-6H3,(H,27,31,32). The van der Waals surface area contributed by atoms with Gasteiger partial charge in [0.2, 0.25) is 11.8 Å². The Morgan fingerprint density at radius 3 is 2.20 bits per heavy atom. The third kappa shape index (κ3) is 4.99. The molecule has 3 amide bonds. The second-order valence-electron chi connectivity index (χ2n) is 11.6. The van der Waals surface area contributed by atoms with Crippen LogP contribution in [0.3, 0.4) is 0 Å². The molecule has 190 valence electrons. The molecule has 0 spiro atoms. The van der Waals surface area contributed by atoms with E-state index >= 15 is 0 Å². The Bertz CT molecular complexity index is 1220. The van der Waals surface area contributed by atoms with Gasteiger partial charge >= 0.3 is 11.8 Å². The van der Waals surface area contributed by atoms with Gasteiger partial charge in [-0.1, -0.05) is 6.07 Å². The Morgan fingerprint density at radius 1 is 0.971 bits per heavy atom. The first-order chi connectivity index (χ1) is 16.3. The molecule has 9 heteroatoms. The van der Waals surface area contributed by atoms with E-state index in [-0.39, 0.29) is 30.0 Å². The number of rotatable bonds is 2. The second-order valence-corrected chi connectivity index (χ2v) is 11.6. The summed E-state index contributed by atoms with van der Waals surface area (Å²) < 4.78 is 8.79. The lowest BCUT2D eigenvalue weighted by molar-refractivity contribution is -0.135. The van der Waals surface area contributed by atoms with Crippen molar-refractivity contribution in [3.63, 3.8) is 0 Å². The molecule has 1 unspecified atom stereocenters. The number of piperidine rings is 2. The number of fused-ring (bicyclic) bond motifs is 1. The average Bonchev–Trinajstić information content (AvgIpc) is 3.04. The highest BCUT2D eigenvalue weighted by Gasteiger charge is 2.34. The fourth-order valence-electron chi connectivity index (χ4n) is 5.09. The van der Waals surface area contributed by atoms with Crippen molar-refractivity contribution < 1.29 is 19.1 Å². The summed E-state index contributed by atoms with van der Waals surface area (Å²) in [4.78, 5) is 52.0. The largest absolute Gasteiger partial charge is 0.444 e. The van der Waals surface area contributed by atoms with Crippen LogP contribution in [0.25, 0.3) is 11.0 Å². The van der Waals surface area contributed by atoms with Crippen molar-refractivity contribution in [2.24, 2.45) is 0 Å². The van der Waals surface area contributed by atoms with Crippen molar-refractivity contribution in [3.05, 3.63) is 34.2 Å². The minimum absolute atomic E-state index is 0.208. The van der Waals surface area contributed by atoms with Gasteiger partial charge in [0.05, 0.1) is 11.0 Å². The third-order valence-corrected chi connectivity index (χ3v) is 6.71. The molecule has 1 aromatic heterocycles. The lowest BCUT2D eigenvalue weighted by Gasteiger charge is -2.33. The first kappa shape index (κ1) is 25.0. The number of carbonyl (C=O) groups excluding carboxylic acids is 3. The maximum atomic E-state index is 13.6. The van der Waals surface area contributed by atoms with Gasteiger partial charge in [-0.15, -0.1) is 0 Å². The van der Waals surface area contributed by atoms with Gasteiger partial charge in [0.25, 0.3) is 0 Å². The van der Waals surface area contributed by atoms with E-state index < -0.39 is 23.1 Å². The molecule has 0 radical (unpaired) electrons. The summed E-state index contributed by atoms with van der Waals surface area (Å²) in [6.07, 6.45) is 1.84. The molecule has 2 fully saturated rings. The molecule has 1 N–H and O–H groups in total. The third-order valence-electron chi connectivity index (χ3n) is 6.71. The molecule has 3 heterocycles. The van der Waals surface area contributed by atoms with Crippen LogP contribution in [-0.2, 0) is 19.9 Å². The molecular weight excluding hydrogens is 448 g/mol. The number of nitrogens with zero attached hydrogens (tertiary/aromatic N) is 3. The minimum atomic E-state index is -0.714. The van der Waals surface area contributed by atoms with Crippen molar-refractivity contribution in [1.82, 2.24) is 19.4 Å². The van der Waals surface area contributed by atoms with Crippen LogP contribution in [0.5, 0.6) is 0 Å². The Labute approximate surface area is 205 Å². The van der Waals surface area contributed by atoms with E-state index in [0.717, 1.165) is 23.9 Å². The monoisotopic (exact) mass is 484 g/mol. The molecule has 0 bridgehead atoms. The van der Waals surface area contributed by atoms with Gasteiger partial charge in [0.1, 0.15) is 11.6 Å². The first-order valence-corrected chi connectivity index (χ1v) is 12.4. The summed E-state index contributed by atoms with van der Waals surface area (Å²) in [6.45, 7) is 12.7. The van der Waals surface area contributed by atoms with E-state index in [1.807, 2.05) is 53.7 Å². The molecule has 0 saturated carbocycles. The number of carbonyl (C=O) groups is 3. The summed E-state index contributed by atoms with van der Waals surface area (Å²) >= 11 is 0. The number of amides is 3. The molecule has 1 aromatic carbocycles. The molecule has 0 aliphatic carbocycles. The number of imidazole rings is 1. The molecule has 2 aliphatic rings. The van der Waals surface area contributed by atoms with E-state index in [1.54, 1.807) is 9.47 Å². The fraction of sp³-hybridized carbons (Fsp3) is 0.615. The molecule has 2 aromatic rings. The SMILES string of the molecule is CC(C)(C)OC(=O)N1CCC(c2ccc3c(c2)n(C(C)(C)C)c(=O)n3C2CCC(=O)NC2=O)CC1. The summed E-state index contributed by atoms with van der Waals surface area (Å²) in [5.74, 6) is -0.491. The Morgan fingerprint density at radius 2 is 1.63 bits per heavy atom. The number of benzene rings is 1. The predicted molar refractivity (Wildman–Crippen MR) is 132 cm³/mol. The number of imide groups is 1. The zero-order valence-electron chi connectivity index (χ0n) is 21.5. The summed E-state index contributed by atoms with van der Waals surface area (Å²) in [5, 5.41) is 2.37. The van der Waals surface area contributed by atoms with E-state index in [1.165, 1.54) is 4.57 Å². The van der Waals surface area contributed by atoms with Gasteiger partial charge in [-0.3, -0.25) is 24.0 Å². The fourth-order valence-corrected chi connectivity index (χ4v) is 5.09. The molecule has 35 heavy (non-hydrogen) atoms. The number of nitrogens with one attached hydrogen (secondary N) is 1. The van der Waals surface area contributed by atoms with Crippen LogP contribution in [0, 0.1) is 0 Å². The van der Waals surface area contributed by atoms with Crippen LogP contribution >= 0.6 is 0 Å². The quantitative estimate of drug-likeness (QED) is 0.656. The Hall–Kier alpha value is -3.10. The maximum absolute atomic E-state index is 13.6. The van der Waals surface area contributed by atoms with Crippen LogP contribution in [-0.4, -0.2) is 50.6 Å². The van der Waals surface area contributed by atoms with Crippen molar-refractivity contribution in [2.45, 2.75) is 90.3 Å². The molecule has 2 aliphatic heterocycles. The topological polar surface area (TPSA) is 103 Å². The zero-order chi connectivity index (χ0) is 25.7. The van der Waals surface area contributed by atoms with Gasteiger partial charge in [0, 0.05) is 25.0 Å². The summed E-state index contributed by atoms with van der Waals surface area (Å²) in [7, 11) is 0. The number of hydrogen-bond acceptors (Lipinski definition) is 5. The highest BCUT2D eigenvalue weighted by atomic mass is 16.6. The Balaban J connectivity index is 1.65. The van der Waals surface area contributed by atoms with Crippen LogP contribution in [0.15, 0.2) is 23.0 Å². The van der Waals surface area contributed by atoms with Gasteiger partial charge in [0.15, 0.2) is 0 Å². The van der Waals surface area contributed by atoms with Gasteiger partial charge in [-0.2, -0.15) is 0 Å². The van der Waals surface area contributed by atoms with Crippen molar-refractivity contribution in [2.75, 3.05) is 13.1 Å². The van der Waals surface area contributed by atoms with E-state index in [9.17, 15) is 19.2 Å². The van der Waals surface area contributed by atoms with Crippen molar-refractivity contribution in [3.8, 4) is 0 Å². The summed E-state index contributed by atoms with van der Waals surface area (Å²) in [5.41, 5.74) is 1.30. The van der Waals surface area contributed by atoms with Crippen molar-refractivity contribution in [1.29, 1.82) is 0 Å². The zero-order valence-corrected chi connectivity index (χ0v) is 21.5. The highest BCUT2D eigenvalue weighted by Crippen LogP contribution is 2.33. The predicted octanol–water partition coefficient (Wildman–Crippen LogP) is 3.65. The lowest BCUT2D eigenvalue weighted by atomic mass is 9.89. The maximum Gasteiger partial charge on any atom is 0.410 e. The van der Waals surface area contributed by atoms with Crippen LogP contribution in [0.4, 0.5) is 4.79 Å².